The summed E-state index contributed by atoms with van der Waals surface area (Å²) in [6.45, 7) is 6.29. The van der Waals surface area contributed by atoms with E-state index in [4.69, 9.17) is 0 Å². The van der Waals surface area contributed by atoms with Gasteiger partial charge in [-0.25, -0.2) is 4.98 Å². The highest BCUT2D eigenvalue weighted by molar-refractivity contribution is 5.76. The van der Waals surface area contributed by atoms with Crippen molar-refractivity contribution < 1.29 is 5.11 Å². The molecule has 3 heteroatoms. The van der Waals surface area contributed by atoms with Gasteiger partial charge in [0.25, 0.3) is 0 Å². The molecule has 2 N–H and O–H groups in total. The minimum atomic E-state index is -0.203. The first-order chi connectivity index (χ1) is 9.56. The monoisotopic (exact) mass is 274 g/mol. The predicted molar refractivity (Wildman–Crippen MR) is 84.1 cm³/mol. The lowest BCUT2D eigenvalue weighted by molar-refractivity contribution is 0.218. The zero-order valence-corrected chi connectivity index (χ0v) is 12.9. The van der Waals surface area contributed by atoms with Gasteiger partial charge in [0.2, 0.25) is 0 Å². The van der Waals surface area contributed by atoms with Gasteiger partial charge >= 0.3 is 0 Å². The first kappa shape index (κ1) is 15.0. The molecule has 1 saturated carbocycles. The van der Waals surface area contributed by atoms with Crippen LogP contribution >= 0.6 is 0 Å². The molecule has 0 saturated heterocycles. The predicted octanol–water partition coefficient (Wildman–Crippen LogP) is 3.96. The van der Waals surface area contributed by atoms with Crippen LogP contribution in [0.2, 0.25) is 0 Å². The first-order valence-electron chi connectivity index (χ1n) is 7.67. The number of hydrogen-bond acceptors (Lipinski definition) is 2. The van der Waals surface area contributed by atoms with Crippen LogP contribution in [0.15, 0.2) is 18.2 Å². The van der Waals surface area contributed by atoms with Crippen molar-refractivity contribution in [2.75, 3.05) is 6.61 Å². The summed E-state index contributed by atoms with van der Waals surface area (Å²) in [6, 6.07) is 6.13. The maximum Gasteiger partial charge on any atom is 0.106 e. The molecular weight excluding hydrogens is 248 g/mol. The summed E-state index contributed by atoms with van der Waals surface area (Å²) in [5.74, 6) is 1.01. The third kappa shape index (κ3) is 3.40. The van der Waals surface area contributed by atoms with Gasteiger partial charge in [-0.15, -0.1) is 0 Å². The van der Waals surface area contributed by atoms with Crippen LogP contribution in [0, 0.1) is 0 Å². The van der Waals surface area contributed by atoms with E-state index < -0.39 is 0 Å². The van der Waals surface area contributed by atoms with E-state index in [1.54, 1.807) is 0 Å². The molecule has 20 heavy (non-hydrogen) atoms. The molecule has 0 radical (unpaired) electrons. The Morgan fingerprint density at radius 2 is 1.85 bits per heavy atom. The molecule has 110 valence electrons. The van der Waals surface area contributed by atoms with E-state index in [0.29, 0.717) is 0 Å². The van der Waals surface area contributed by atoms with Crippen molar-refractivity contribution in [2.24, 2.45) is 0 Å². The largest absolute Gasteiger partial charge is 0.395 e. The molecule has 1 aromatic heterocycles. The van der Waals surface area contributed by atoms with Crippen molar-refractivity contribution in [1.29, 1.82) is 0 Å². The number of benzene rings is 1. The molecular formula is C17H26N2O. The number of aliphatic hydroxyl groups excluding tert-OH is 1. The Morgan fingerprint density at radius 1 is 1.20 bits per heavy atom. The highest BCUT2D eigenvalue weighted by Gasteiger charge is 2.19. The lowest BCUT2D eigenvalue weighted by atomic mass is 9.85. The molecule has 1 fully saturated rings. The van der Waals surface area contributed by atoms with E-state index in [1.165, 1.54) is 25.7 Å². The molecule has 0 bridgehead atoms. The molecule has 1 aromatic carbocycles. The minimum absolute atomic E-state index is 0.146. The summed E-state index contributed by atoms with van der Waals surface area (Å²) < 4.78 is 0. The van der Waals surface area contributed by atoms with Crippen LogP contribution in [0.4, 0.5) is 0 Å². The van der Waals surface area contributed by atoms with E-state index in [2.05, 4.69) is 23.0 Å². The molecule has 0 unspecified atom stereocenters. The quantitative estimate of drug-likeness (QED) is 0.890. The molecule has 1 heterocycles. The number of aromatic amines is 1. The number of nitrogens with one attached hydrogen (secondary N) is 1. The third-order valence-corrected chi connectivity index (χ3v) is 4.04. The number of imidazole rings is 1. The van der Waals surface area contributed by atoms with Gasteiger partial charge in [0.05, 0.1) is 17.6 Å². The Bertz CT molecular complexity index is 549. The maximum atomic E-state index is 9.35. The molecule has 0 spiro atoms. The van der Waals surface area contributed by atoms with Gasteiger partial charge in [-0.2, -0.15) is 0 Å². The molecule has 0 amide bonds. The van der Waals surface area contributed by atoms with Gasteiger partial charge < -0.3 is 10.1 Å². The van der Waals surface area contributed by atoms with E-state index in [1.807, 2.05) is 26.0 Å². The van der Waals surface area contributed by atoms with Crippen LogP contribution < -0.4 is 0 Å². The number of aromatic nitrogens is 2. The second kappa shape index (κ2) is 6.40. The van der Waals surface area contributed by atoms with Crippen molar-refractivity contribution >= 4 is 11.0 Å². The highest BCUT2D eigenvalue weighted by atomic mass is 16.3. The Morgan fingerprint density at radius 3 is 2.35 bits per heavy atom. The Kier molecular flexibility index (Phi) is 4.81. The van der Waals surface area contributed by atoms with Crippen molar-refractivity contribution in [3.8, 4) is 0 Å². The first-order valence-corrected chi connectivity index (χ1v) is 7.67. The minimum Gasteiger partial charge on any atom is -0.395 e. The fourth-order valence-corrected chi connectivity index (χ4v) is 1.99. The van der Waals surface area contributed by atoms with Crippen LogP contribution in [-0.2, 0) is 11.8 Å². The van der Waals surface area contributed by atoms with Crippen LogP contribution in [0.3, 0.4) is 0 Å². The SMILES string of the molecule is C1CCC1.CCc1nc2ccc(C(C)(C)CO)cc2[nH]1. The number of fused-ring (bicyclic) bond motifs is 1. The average molecular weight is 274 g/mol. The van der Waals surface area contributed by atoms with Gasteiger partial charge in [0.15, 0.2) is 0 Å². The Labute approximate surface area is 121 Å². The lowest BCUT2D eigenvalue weighted by Crippen LogP contribution is -2.21. The summed E-state index contributed by atoms with van der Waals surface area (Å²) >= 11 is 0. The fraction of sp³-hybridized carbons (Fsp3) is 0.588. The van der Waals surface area contributed by atoms with Crippen molar-refractivity contribution in [1.82, 2.24) is 9.97 Å². The standard InChI is InChI=1S/C13H18N2O.C4H8/c1-4-12-14-10-6-5-9(7-11(10)15-12)13(2,3)8-16;1-2-4-3-1/h5-7,16H,4,8H2,1-3H3,(H,14,15);1-4H2. The number of H-pyrrole nitrogens is 1. The zero-order valence-electron chi connectivity index (χ0n) is 12.9. The van der Waals surface area contributed by atoms with Gasteiger partial charge in [-0.1, -0.05) is 52.5 Å². The van der Waals surface area contributed by atoms with Crippen LogP contribution in [0.25, 0.3) is 11.0 Å². The summed E-state index contributed by atoms with van der Waals surface area (Å²) in [4.78, 5) is 7.75. The number of hydrogen-bond donors (Lipinski definition) is 2. The molecule has 3 rings (SSSR count). The smallest absolute Gasteiger partial charge is 0.106 e. The highest BCUT2D eigenvalue weighted by Crippen LogP contribution is 2.25. The number of nitrogens with zero attached hydrogens (tertiary/aromatic N) is 1. The molecule has 0 aliphatic heterocycles. The van der Waals surface area contributed by atoms with E-state index >= 15 is 0 Å². The molecule has 1 aliphatic carbocycles. The second-order valence-corrected chi connectivity index (χ2v) is 6.23. The van der Waals surface area contributed by atoms with Crippen LogP contribution in [0.1, 0.15) is 57.8 Å². The number of aryl methyl sites for hydroxylation is 1. The summed E-state index contributed by atoms with van der Waals surface area (Å²) in [5.41, 5.74) is 2.98. The third-order valence-electron chi connectivity index (χ3n) is 4.04. The summed E-state index contributed by atoms with van der Waals surface area (Å²) in [7, 11) is 0. The Hall–Kier alpha value is -1.35. The summed E-state index contributed by atoms with van der Waals surface area (Å²) in [6.07, 6.45) is 6.91. The van der Waals surface area contributed by atoms with Gasteiger partial charge in [-0.05, 0) is 17.7 Å². The van der Waals surface area contributed by atoms with Crippen LogP contribution in [0.5, 0.6) is 0 Å². The Balaban J connectivity index is 0.000000315. The average Bonchev–Trinajstić information content (AvgIpc) is 2.78. The number of aliphatic hydroxyl groups is 1. The van der Waals surface area contributed by atoms with Crippen molar-refractivity contribution in [2.45, 2.75) is 58.3 Å². The summed E-state index contributed by atoms with van der Waals surface area (Å²) in [5, 5.41) is 9.35. The molecule has 3 nitrogen and oxygen atoms in total. The molecule has 1 aliphatic rings. The van der Waals surface area contributed by atoms with Gasteiger partial charge in [0, 0.05) is 11.8 Å². The molecule has 0 atom stereocenters. The van der Waals surface area contributed by atoms with E-state index in [0.717, 1.165) is 28.8 Å². The maximum absolute atomic E-state index is 9.35. The van der Waals surface area contributed by atoms with E-state index in [9.17, 15) is 5.11 Å². The molecule has 2 aromatic rings. The second-order valence-electron chi connectivity index (χ2n) is 6.23. The topological polar surface area (TPSA) is 48.9 Å². The normalized spacial score (nSPS) is 14.6. The van der Waals surface area contributed by atoms with E-state index in [-0.39, 0.29) is 12.0 Å². The van der Waals surface area contributed by atoms with Gasteiger partial charge in [-0.3, -0.25) is 0 Å². The zero-order chi connectivity index (χ0) is 14.6. The van der Waals surface area contributed by atoms with Crippen LogP contribution in [-0.4, -0.2) is 21.7 Å². The van der Waals surface area contributed by atoms with Crippen molar-refractivity contribution in [3.05, 3.63) is 29.6 Å². The van der Waals surface area contributed by atoms with Gasteiger partial charge in [0.1, 0.15) is 5.82 Å². The fourth-order valence-electron chi connectivity index (χ4n) is 1.99. The lowest BCUT2D eigenvalue weighted by Gasteiger charge is -2.21. The van der Waals surface area contributed by atoms with Crippen molar-refractivity contribution in [3.63, 3.8) is 0 Å². The number of rotatable bonds is 3.